The summed E-state index contributed by atoms with van der Waals surface area (Å²) in [7, 11) is 0. The van der Waals surface area contributed by atoms with Crippen molar-refractivity contribution in [1.29, 1.82) is 0 Å². The van der Waals surface area contributed by atoms with Gasteiger partial charge in [-0.05, 0) is 13.8 Å². The van der Waals surface area contributed by atoms with E-state index in [0.29, 0.717) is 39.5 Å². The summed E-state index contributed by atoms with van der Waals surface area (Å²) in [5.74, 6) is 0. The van der Waals surface area contributed by atoms with Gasteiger partial charge in [-0.15, -0.1) is 0 Å². The van der Waals surface area contributed by atoms with Crippen LogP contribution in [0.4, 0.5) is 4.79 Å². The molecule has 0 heterocycles. The molecular weight excluding hydrogens is 184 g/mol. The van der Waals surface area contributed by atoms with Crippen LogP contribution < -0.4 is 10.6 Å². The smallest absolute Gasteiger partial charge is 0.314 e. The third kappa shape index (κ3) is 9.28. The van der Waals surface area contributed by atoms with Gasteiger partial charge in [0.25, 0.3) is 0 Å². The molecule has 0 aliphatic heterocycles. The third-order valence-corrected chi connectivity index (χ3v) is 1.47. The average Bonchev–Trinajstić information content (AvgIpc) is 2.19. The Balaban J connectivity index is 3.11. The van der Waals surface area contributed by atoms with Gasteiger partial charge in [-0.1, -0.05) is 0 Å². The number of ether oxygens (including phenoxy) is 2. The van der Waals surface area contributed by atoms with E-state index < -0.39 is 0 Å². The number of carbonyl (C=O) groups is 1. The molecule has 0 saturated heterocycles. The number of nitrogens with one attached hydrogen (secondary N) is 2. The molecule has 0 saturated carbocycles. The van der Waals surface area contributed by atoms with Crippen molar-refractivity contribution >= 4 is 6.03 Å². The monoisotopic (exact) mass is 204 g/mol. The summed E-state index contributed by atoms with van der Waals surface area (Å²) in [6.45, 7) is 7.36. The lowest BCUT2D eigenvalue weighted by atomic mass is 10.6. The maximum absolute atomic E-state index is 11.0. The number of hydrogen-bond acceptors (Lipinski definition) is 3. The lowest BCUT2D eigenvalue weighted by Gasteiger charge is -2.07. The zero-order valence-corrected chi connectivity index (χ0v) is 8.97. The average molecular weight is 204 g/mol. The summed E-state index contributed by atoms with van der Waals surface area (Å²) in [5.41, 5.74) is 0. The Labute approximate surface area is 85.1 Å². The minimum Gasteiger partial charge on any atom is -0.380 e. The van der Waals surface area contributed by atoms with Gasteiger partial charge in [-0.3, -0.25) is 0 Å². The molecule has 0 rings (SSSR count). The van der Waals surface area contributed by atoms with Gasteiger partial charge < -0.3 is 20.1 Å². The fourth-order valence-electron chi connectivity index (χ4n) is 0.825. The maximum Gasteiger partial charge on any atom is 0.314 e. The summed E-state index contributed by atoms with van der Waals surface area (Å²) in [6.07, 6.45) is 0. The first-order valence-electron chi connectivity index (χ1n) is 4.98. The molecule has 0 aliphatic carbocycles. The van der Waals surface area contributed by atoms with Crippen molar-refractivity contribution in [2.45, 2.75) is 13.8 Å². The van der Waals surface area contributed by atoms with Crippen molar-refractivity contribution in [3.8, 4) is 0 Å². The Morgan fingerprint density at radius 2 is 1.43 bits per heavy atom. The molecule has 2 amide bonds. The van der Waals surface area contributed by atoms with Crippen LogP contribution in [0, 0.1) is 0 Å². The lowest BCUT2D eigenvalue weighted by molar-refractivity contribution is 0.145. The highest BCUT2D eigenvalue weighted by molar-refractivity contribution is 5.73. The Bertz CT molecular complexity index is 128. The first kappa shape index (κ1) is 13.2. The molecule has 0 aromatic heterocycles. The number of urea groups is 1. The predicted molar refractivity (Wildman–Crippen MR) is 54.4 cm³/mol. The second-order valence-corrected chi connectivity index (χ2v) is 2.58. The van der Waals surface area contributed by atoms with Crippen molar-refractivity contribution < 1.29 is 14.3 Å². The Morgan fingerprint density at radius 3 is 1.79 bits per heavy atom. The Kier molecular flexibility index (Phi) is 9.68. The summed E-state index contributed by atoms with van der Waals surface area (Å²) < 4.78 is 10.1. The molecule has 0 atom stereocenters. The molecule has 5 nitrogen and oxygen atoms in total. The molecular formula is C9H20N2O3. The highest BCUT2D eigenvalue weighted by atomic mass is 16.5. The minimum atomic E-state index is -0.176. The van der Waals surface area contributed by atoms with Gasteiger partial charge in [0.05, 0.1) is 13.2 Å². The molecule has 0 radical (unpaired) electrons. The minimum absolute atomic E-state index is 0.176. The topological polar surface area (TPSA) is 59.6 Å². The van der Waals surface area contributed by atoms with E-state index in [1.807, 2.05) is 13.8 Å². The molecule has 0 aliphatic rings. The van der Waals surface area contributed by atoms with Crippen LogP contribution in [0.5, 0.6) is 0 Å². The first-order valence-corrected chi connectivity index (χ1v) is 4.98. The fraction of sp³-hybridized carbons (Fsp3) is 0.889. The quantitative estimate of drug-likeness (QED) is 0.561. The van der Waals surface area contributed by atoms with Crippen LogP contribution >= 0.6 is 0 Å². The van der Waals surface area contributed by atoms with Crippen molar-refractivity contribution in [3.05, 3.63) is 0 Å². The van der Waals surface area contributed by atoms with Crippen molar-refractivity contribution in [2.75, 3.05) is 39.5 Å². The van der Waals surface area contributed by atoms with Crippen molar-refractivity contribution in [1.82, 2.24) is 10.6 Å². The fourth-order valence-corrected chi connectivity index (χ4v) is 0.825. The molecule has 2 N–H and O–H groups in total. The standard InChI is InChI=1S/C9H20N2O3/c1-3-13-7-5-10-9(12)11-6-8-14-4-2/h3-8H2,1-2H3,(H2,10,11,12). The molecule has 5 heteroatoms. The Morgan fingerprint density at radius 1 is 1.00 bits per heavy atom. The van der Waals surface area contributed by atoms with Crippen molar-refractivity contribution in [3.63, 3.8) is 0 Å². The number of amides is 2. The van der Waals surface area contributed by atoms with Crippen LogP contribution in [-0.4, -0.2) is 45.5 Å². The van der Waals surface area contributed by atoms with Gasteiger partial charge in [-0.25, -0.2) is 4.79 Å². The zero-order valence-electron chi connectivity index (χ0n) is 8.97. The Hall–Kier alpha value is -0.810. The lowest BCUT2D eigenvalue weighted by Crippen LogP contribution is -2.38. The van der Waals surface area contributed by atoms with E-state index in [4.69, 9.17) is 9.47 Å². The van der Waals surface area contributed by atoms with E-state index in [1.165, 1.54) is 0 Å². The SMILES string of the molecule is CCOCCNC(=O)NCCOCC. The van der Waals surface area contributed by atoms with Gasteiger partial charge in [-0.2, -0.15) is 0 Å². The van der Waals surface area contributed by atoms with Crippen LogP contribution in [0.25, 0.3) is 0 Å². The number of carbonyl (C=O) groups excluding carboxylic acids is 1. The van der Waals surface area contributed by atoms with E-state index in [9.17, 15) is 4.79 Å². The maximum atomic E-state index is 11.0. The van der Waals surface area contributed by atoms with E-state index in [-0.39, 0.29) is 6.03 Å². The molecule has 0 fully saturated rings. The van der Waals surface area contributed by atoms with Gasteiger partial charge in [0.1, 0.15) is 0 Å². The normalized spacial score (nSPS) is 9.86. The van der Waals surface area contributed by atoms with E-state index in [2.05, 4.69) is 10.6 Å². The highest BCUT2D eigenvalue weighted by Crippen LogP contribution is 1.73. The second-order valence-electron chi connectivity index (χ2n) is 2.58. The first-order chi connectivity index (χ1) is 6.81. The van der Waals surface area contributed by atoms with E-state index >= 15 is 0 Å². The van der Waals surface area contributed by atoms with Crippen LogP contribution in [-0.2, 0) is 9.47 Å². The van der Waals surface area contributed by atoms with Crippen LogP contribution in [0.2, 0.25) is 0 Å². The largest absolute Gasteiger partial charge is 0.380 e. The summed E-state index contributed by atoms with van der Waals surface area (Å²) >= 11 is 0. The highest BCUT2D eigenvalue weighted by Gasteiger charge is 1.97. The molecule has 14 heavy (non-hydrogen) atoms. The molecule has 84 valence electrons. The summed E-state index contributed by atoms with van der Waals surface area (Å²) in [6, 6.07) is -0.176. The second kappa shape index (κ2) is 10.3. The van der Waals surface area contributed by atoms with Gasteiger partial charge in [0, 0.05) is 26.3 Å². The number of hydrogen-bond donors (Lipinski definition) is 2. The summed E-state index contributed by atoms with van der Waals surface area (Å²) in [4.78, 5) is 11.0. The predicted octanol–water partition coefficient (Wildman–Crippen LogP) is 0.359. The molecule has 0 aromatic carbocycles. The van der Waals surface area contributed by atoms with Crippen LogP contribution in [0.1, 0.15) is 13.8 Å². The number of rotatable bonds is 8. The van der Waals surface area contributed by atoms with E-state index in [0.717, 1.165) is 0 Å². The van der Waals surface area contributed by atoms with Gasteiger partial charge in [0.15, 0.2) is 0 Å². The van der Waals surface area contributed by atoms with Gasteiger partial charge in [0.2, 0.25) is 0 Å². The van der Waals surface area contributed by atoms with Crippen LogP contribution in [0.3, 0.4) is 0 Å². The summed E-state index contributed by atoms with van der Waals surface area (Å²) in [5, 5.41) is 5.33. The molecule has 0 aromatic rings. The van der Waals surface area contributed by atoms with Crippen molar-refractivity contribution in [2.24, 2.45) is 0 Å². The third-order valence-electron chi connectivity index (χ3n) is 1.47. The zero-order chi connectivity index (χ0) is 10.6. The molecule has 0 bridgehead atoms. The van der Waals surface area contributed by atoms with Gasteiger partial charge >= 0.3 is 6.03 Å². The molecule has 0 unspecified atom stereocenters. The molecule has 0 spiro atoms. The van der Waals surface area contributed by atoms with E-state index in [1.54, 1.807) is 0 Å². The van der Waals surface area contributed by atoms with Crippen LogP contribution in [0.15, 0.2) is 0 Å².